The van der Waals surface area contributed by atoms with E-state index in [0.29, 0.717) is 0 Å². The number of carbonyl (C=O) groups excluding carboxylic acids is 4. The molecule has 0 bridgehead atoms. The van der Waals surface area contributed by atoms with E-state index < -0.39 is 166 Å². The number of methoxy groups -OCH3 is 1. The number of carboxylic acids is 1. The number of nitrogens with zero attached hydrogens (tertiary/aromatic N) is 1. The minimum absolute atomic E-state index is 0.00478. The van der Waals surface area contributed by atoms with Gasteiger partial charge in [-0.1, -0.05) is 6.07 Å². The molecular weight excluding hydrogens is 862 g/mol. The first-order valence-electron chi connectivity index (χ1n) is 20.3. The lowest BCUT2D eigenvalue weighted by molar-refractivity contribution is -0.345. The van der Waals surface area contributed by atoms with Crippen LogP contribution in [-0.2, 0) is 28.5 Å². The fourth-order valence-electron chi connectivity index (χ4n) is 8.88. The van der Waals surface area contributed by atoms with Crippen LogP contribution in [0.1, 0.15) is 91.9 Å². The number of hydrogen-bond donors (Lipinski definition) is 11. The number of aliphatic hydroxyl groups is 5. The van der Waals surface area contributed by atoms with Crippen molar-refractivity contribution in [3.05, 3.63) is 68.8 Å². The first-order valence-corrected chi connectivity index (χ1v) is 20.3. The summed E-state index contributed by atoms with van der Waals surface area (Å²) < 4.78 is 29.2. The molecule has 2 fully saturated rings. The van der Waals surface area contributed by atoms with Gasteiger partial charge in [-0.05, 0) is 56.5 Å². The second-order valence-electron chi connectivity index (χ2n) is 16.5. The van der Waals surface area contributed by atoms with Gasteiger partial charge in [-0.25, -0.2) is 0 Å². The average Bonchev–Trinajstić information content (AvgIpc) is 3.24. The number of nitrogens with one attached hydrogen (secondary N) is 1. The van der Waals surface area contributed by atoms with Crippen molar-refractivity contribution in [1.82, 2.24) is 10.2 Å². The molecule has 4 aliphatic rings. The maximum atomic E-state index is 14.2. The molecule has 2 amide bonds. The number of amides is 2. The molecule has 13 atom stereocenters. The lowest BCUT2D eigenvalue weighted by Gasteiger charge is -2.49. The van der Waals surface area contributed by atoms with Crippen LogP contribution in [0.3, 0.4) is 0 Å². The number of carboxylic acid groups (broad SMARTS) is 1. The van der Waals surface area contributed by atoms with Gasteiger partial charge < -0.3 is 85.6 Å². The summed E-state index contributed by atoms with van der Waals surface area (Å²) in [4.78, 5) is 68.0. The van der Waals surface area contributed by atoms with Gasteiger partial charge in [-0.3, -0.25) is 24.0 Å². The number of aryl methyl sites for hydroxylation is 1. The van der Waals surface area contributed by atoms with Gasteiger partial charge in [-0.15, -0.1) is 0 Å². The second-order valence-corrected chi connectivity index (χ2v) is 16.5. The number of carbonyl (C=O) groups is 5. The van der Waals surface area contributed by atoms with Crippen LogP contribution in [0.25, 0.3) is 11.1 Å². The molecule has 65 heavy (non-hydrogen) atoms. The number of aliphatic carboxylic acids is 1. The number of fused-ring (bicyclic) bond motifs is 5. The Hall–Kier alpha value is -5.79. The minimum atomic E-state index is -1.97. The van der Waals surface area contributed by atoms with Crippen molar-refractivity contribution in [2.75, 3.05) is 20.8 Å². The molecule has 2 heterocycles. The number of phenolic OH excluding ortho intramolecular Hbond substituents is 3. The average molecular weight is 912 g/mol. The summed E-state index contributed by atoms with van der Waals surface area (Å²) in [6.45, 7) is 4.91. The highest BCUT2D eigenvalue weighted by molar-refractivity contribution is 6.31. The zero-order chi connectivity index (χ0) is 47.8. The fraction of sp³-hybridized carbons (Fsp3) is 0.465. The van der Waals surface area contributed by atoms with E-state index in [-0.39, 0.29) is 28.0 Å². The molecule has 2 saturated heterocycles. The van der Waals surface area contributed by atoms with Gasteiger partial charge >= 0.3 is 5.97 Å². The van der Waals surface area contributed by atoms with Crippen molar-refractivity contribution < 1.29 is 93.6 Å². The number of phenols is 3. The Morgan fingerprint density at radius 2 is 1.48 bits per heavy atom. The van der Waals surface area contributed by atoms with Crippen LogP contribution >= 0.6 is 0 Å². The number of aromatic hydroxyl groups is 3. The Balaban J connectivity index is 1.38. The summed E-state index contributed by atoms with van der Waals surface area (Å²) in [5, 5.41) is 102. The highest BCUT2D eigenvalue weighted by atomic mass is 16.7. The van der Waals surface area contributed by atoms with Crippen LogP contribution in [-0.4, -0.2) is 168 Å². The van der Waals surface area contributed by atoms with Crippen LogP contribution in [0, 0.1) is 6.92 Å². The molecule has 22 nitrogen and oxygen atoms in total. The van der Waals surface area contributed by atoms with Gasteiger partial charge in [-0.2, -0.15) is 0 Å². The monoisotopic (exact) mass is 911 g/mol. The number of nitrogens with two attached hydrogens (primary N) is 1. The fourth-order valence-corrected chi connectivity index (χ4v) is 8.88. The number of benzene rings is 3. The van der Waals surface area contributed by atoms with Gasteiger partial charge in [0, 0.05) is 35.4 Å². The Labute approximate surface area is 369 Å². The number of likely N-dealkylation sites (N-methyl/N-ethyl adjacent to an activating group) is 1. The standard InChI is InChI=1S/C43H49N3O19/c1-12-7-20-26(33(53)23(12)39(57)45-14(3)41(59)60)25-18(10-19-27(34(25)54)30(50)17-8-16(61-6)9-21(47)24(17)29(19)49)31(51)37(20)64-43-36(56)38(65-42-35(55)32(52)22(48)11-62-42)28(15(4)63-43)46(5)40(58)13(2)44/h7-10,13-15,22,28,31-32,35-38,42-43,47-48,51-56H,11,44H2,1-6H3,(H,45,57)(H,59,60)/t13?,14?,15?,22?,28?,31-,32?,35?,36?,37-,38?,42?,43?/m0/s1. The van der Waals surface area contributed by atoms with Gasteiger partial charge in [0.05, 0.1) is 48.6 Å². The lowest BCUT2D eigenvalue weighted by Crippen LogP contribution is -2.67. The van der Waals surface area contributed by atoms with Crippen LogP contribution in [0.15, 0.2) is 24.3 Å². The van der Waals surface area contributed by atoms with Crippen LogP contribution in [0.5, 0.6) is 23.0 Å². The van der Waals surface area contributed by atoms with Crippen molar-refractivity contribution in [3.8, 4) is 34.1 Å². The highest BCUT2D eigenvalue weighted by Crippen LogP contribution is 2.57. The Morgan fingerprint density at radius 3 is 2.11 bits per heavy atom. The lowest BCUT2D eigenvalue weighted by atomic mass is 9.74. The van der Waals surface area contributed by atoms with E-state index in [1.165, 1.54) is 54.0 Å². The molecule has 2 aliphatic carbocycles. The van der Waals surface area contributed by atoms with E-state index in [0.717, 1.165) is 17.0 Å². The number of rotatable bonds is 10. The van der Waals surface area contributed by atoms with E-state index >= 15 is 0 Å². The molecule has 22 heteroatoms. The molecule has 3 aromatic rings. The zero-order valence-corrected chi connectivity index (χ0v) is 35.7. The SMILES string of the molecule is COc1cc(O)c2c(c1)C(=O)c1c(cc3c(c1O)-c1c(cc(C)c(C(=O)NC(C)C(=O)O)c1O)[C@H](OC1OC(C)C(N(C)C(=O)C(C)N)C(OC4OCC(O)C(O)C4O)C1O)[C@H]3O)C2=O. The molecule has 3 aromatic carbocycles. The third-order valence-corrected chi connectivity index (χ3v) is 12.2. The number of ketones is 2. The minimum Gasteiger partial charge on any atom is -0.507 e. The molecule has 7 rings (SSSR count). The molecule has 0 radical (unpaired) electrons. The summed E-state index contributed by atoms with van der Waals surface area (Å²) in [6.07, 6.45) is -17.1. The Bertz CT molecular complexity index is 2480. The predicted molar refractivity (Wildman–Crippen MR) is 218 cm³/mol. The van der Waals surface area contributed by atoms with Crippen molar-refractivity contribution in [2.24, 2.45) is 5.73 Å². The van der Waals surface area contributed by atoms with E-state index in [2.05, 4.69) is 5.32 Å². The summed E-state index contributed by atoms with van der Waals surface area (Å²) in [5.41, 5.74) is 2.11. The number of hydrogen-bond acceptors (Lipinski definition) is 19. The van der Waals surface area contributed by atoms with Crippen LogP contribution < -0.4 is 15.8 Å². The molecule has 0 saturated carbocycles. The topological polar surface area (TPSA) is 355 Å². The Morgan fingerprint density at radius 1 is 0.846 bits per heavy atom. The molecule has 350 valence electrons. The third-order valence-electron chi connectivity index (χ3n) is 12.2. The maximum Gasteiger partial charge on any atom is 0.325 e. The van der Waals surface area contributed by atoms with Crippen molar-refractivity contribution >= 4 is 29.4 Å². The summed E-state index contributed by atoms with van der Waals surface area (Å²) in [7, 11) is 2.60. The molecule has 11 unspecified atom stereocenters. The van der Waals surface area contributed by atoms with Crippen molar-refractivity contribution in [1.29, 1.82) is 0 Å². The maximum absolute atomic E-state index is 14.2. The van der Waals surface area contributed by atoms with Crippen molar-refractivity contribution in [3.63, 3.8) is 0 Å². The second kappa shape index (κ2) is 17.5. The quantitative estimate of drug-likeness (QED) is 0.0906. The van der Waals surface area contributed by atoms with Gasteiger partial charge in [0.15, 0.2) is 24.1 Å². The summed E-state index contributed by atoms with van der Waals surface area (Å²) >= 11 is 0. The first-order chi connectivity index (χ1) is 30.5. The third kappa shape index (κ3) is 7.84. The summed E-state index contributed by atoms with van der Waals surface area (Å²) in [5.74, 6) is -7.51. The molecule has 0 spiro atoms. The number of aliphatic hydroxyl groups excluding tert-OH is 5. The normalized spacial score (nSPS) is 29.1. The highest BCUT2D eigenvalue weighted by Gasteiger charge is 2.53. The van der Waals surface area contributed by atoms with Crippen molar-refractivity contribution in [2.45, 2.75) is 107 Å². The first kappa shape index (κ1) is 47.2. The Kier molecular flexibility index (Phi) is 12.7. The van der Waals surface area contributed by atoms with Gasteiger partial charge in [0.1, 0.15) is 71.8 Å². The molecule has 12 N–H and O–H groups in total. The van der Waals surface area contributed by atoms with Crippen LogP contribution in [0.2, 0.25) is 0 Å². The van der Waals surface area contributed by atoms with Crippen LogP contribution in [0.4, 0.5) is 0 Å². The molecular formula is C43H49N3O19. The predicted octanol–water partition coefficient (Wildman–Crippen LogP) is -1.03. The van der Waals surface area contributed by atoms with E-state index in [4.69, 9.17) is 29.4 Å². The van der Waals surface area contributed by atoms with E-state index in [1.54, 1.807) is 0 Å². The van der Waals surface area contributed by atoms with Gasteiger partial charge in [0.25, 0.3) is 5.91 Å². The molecule has 2 aliphatic heterocycles. The largest absolute Gasteiger partial charge is 0.507 e. The summed E-state index contributed by atoms with van der Waals surface area (Å²) in [6, 6.07) is 0.842. The smallest absolute Gasteiger partial charge is 0.325 e. The van der Waals surface area contributed by atoms with Gasteiger partial charge in [0.2, 0.25) is 5.91 Å². The zero-order valence-electron chi connectivity index (χ0n) is 35.7. The van der Waals surface area contributed by atoms with E-state index in [9.17, 15) is 69.9 Å². The number of ether oxygens (including phenoxy) is 5. The van der Waals surface area contributed by atoms with E-state index in [1.807, 2.05) is 0 Å². The molecule has 0 aromatic heterocycles.